The van der Waals surface area contributed by atoms with Crippen LogP contribution in [0.4, 0.5) is 4.39 Å². The minimum atomic E-state index is -3.89. The molecule has 0 fully saturated rings. The molecule has 0 saturated heterocycles. The van der Waals surface area contributed by atoms with Gasteiger partial charge in [0.05, 0.1) is 23.6 Å². The highest BCUT2D eigenvalue weighted by molar-refractivity contribution is 7.89. The number of halogens is 1. The highest BCUT2D eigenvalue weighted by Gasteiger charge is 2.12. The first-order valence-electron chi connectivity index (χ1n) is 5.26. The van der Waals surface area contributed by atoms with Crippen LogP contribution in [0.5, 0.6) is 0 Å². The number of alkyl halides is 1. The summed E-state index contributed by atoms with van der Waals surface area (Å²) in [7, 11) is -3.89. The maximum Gasteiger partial charge on any atom is 0.241 e. The van der Waals surface area contributed by atoms with Gasteiger partial charge in [-0.3, -0.25) is 4.98 Å². The molecule has 2 rings (SSSR count). The van der Waals surface area contributed by atoms with Crippen molar-refractivity contribution in [2.45, 2.75) is 20.4 Å². The third-order valence-corrected chi connectivity index (χ3v) is 3.22. The van der Waals surface area contributed by atoms with Crippen LogP contribution in [0.2, 0.25) is 0 Å². The molecule has 0 atom stereocenters. The fourth-order valence-corrected chi connectivity index (χ4v) is 2.09. The van der Waals surface area contributed by atoms with Gasteiger partial charge in [0.15, 0.2) is 5.65 Å². The fraction of sp³-hybridized carbons (Fsp3) is 0.400. The molecule has 0 aromatic carbocycles. The van der Waals surface area contributed by atoms with E-state index in [4.69, 9.17) is 0 Å². The molecular weight excluding hydrogens is 259 g/mol. The van der Waals surface area contributed by atoms with E-state index in [1.807, 2.05) is 13.1 Å². The molecule has 0 unspecified atom stereocenters. The van der Waals surface area contributed by atoms with Gasteiger partial charge in [-0.25, -0.2) is 22.5 Å². The normalized spacial score (nSPS) is 12.2. The van der Waals surface area contributed by atoms with E-state index in [-0.39, 0.29) is 6.54 Å². The van der Waals surface area contributed by atoms with E-state index in [1.54, 1.807) is 17.5 Å². The Hall–Kier alpha value is -1.54. The summed E-state index contributed by atoms with van der Waals surface area (Å²) in [6.07, 6.45) is 3.61. The minimum absolute atomic E-state index is 0.0755. The molecule has 98 valence electrons. The van der Waals surface area contributed by atoms with Crippen molar-refractivity contribution in [2.75, 3.05) is 6.01 Å². The van der Waals surface area contributed by atoms with E-state index < -0.39 is 16.0 Å². The zero-order valence-electron chi connectivity index (χ0n) is 10.0. The van der Waals surface area contributed by atoms with E-state index in [2.05, 4.69) is 14.7 Å². The third-order valence-electron chi connectivity index (χ3n) is 2.35. The van der Waals surface area contributed by atoms with Gasteiger partial charge in [-0.2, -0.15) is 0 Å². The molecule has 0 spiro atoms. The largest absolute Gasteiger partial charge is 0.303 e. The molecule has 0 aliphatic heterocycles. The second kappa shape index (κ2) is 4.62. The first kappa shape index (κ1) is 12.9. The van der Waals surface area contributed by atoms with Gasteiger partial charge in [0.1, 0.15) is 0 Å². The van der Waals surface area contributed by atoms with Gasteiger partial charge in [0.25, 0.3) is 0 Å². The first-order chi connectivity index (χ1) is 8.41. The number of rotatable bonds is 4. The molecule has 2 aromatic rings. The Kier molecular flexibility index (Phi) is 3.31. The number of nitrogens with zero attached hydrogens (tertiary/aromatic N) is 3. The monoisotopic (exact) mass is 272 g/mol. The Bertz CT molecular complexity index is 680. The van der Waals surface area contributed by atoms with Crippen molar-refractivity contribution in [3.05, 3.63) is 29.5 Å². The number of hydrogen-bond donors (Lipinski definition) is 1. The summed E-state index contributed by atoms with van der Waals surface area (Å²) in [6.45, 7) is 3.55. The zero-order valence-corrected chi connectivity index (χ0v) is 10.8. The number of fused-ring (bicyclic) bond motifs is 1. The van der Waals surface area contributed by atoms with Crippen LogP contribution in [0, 0.1) is 13.8 Å². The lowest BCUT2D eigenvalue weighted by Gasteiger charge is -2.05. The quantitative estimate of drug-likeness (QED) is 0.888. The molecule has 1 N–H and O–H groups in total. The van der Waals surface area contributed by atoms with E-state index in [1.165, 1.54) is 0 Å². The average Bonchev–Trinajstić information content (AvgIpc) is 2.66. The van der Waals surface area contributed by atoms with Crippen molar-refractivity contribution < 1.29 is 12.8 Å². The highest BCUT2D eigenvalue weighted by Crippen LogP contribution is 2.10. The van der Waals surface area contributed by atoms with Crippen LogP contribution in [0.25, 0.3) is 5.65 Å². The van der Waals surface area contributed by atoms with Gasteiger partial charge >= 0.3 is 0 Å². The van der Waals surface area contributed by atoms with Crippen molar-refractivity contribution >= 4 is 15.7 Å². The topological polar surface area (TPSA) is 76.4 Å². The van der Waals surface area contributed by atoms with E-state index in [0.29, 0.717) is 11.3 Å². The van der Waals surface area contributed by atoms with E-state index in [0.717, 1.165) is 11.4 Å². The molecule has 0 aliphatic rings. The lowest BCUT2D eigenvalue weighted by Crippen LogP contribution is -2.25. The summed E-state index contributed by atoms with van der Waals surface area (Å²) in [4.78, 5) is 8.47. The number of imidazole rings is 1. The molecule has 2 heterocycles. The number of sulfonamides is 1. The molecule has 2 aromatic heterocycles. The molecule has 8 heteroatoms. The summed E-state index contributed by atoms with van der Waals surface area (Å²) in [6, 6.07) is -1.44. The van der Waals surface area contributed by atoms with E-state index >= 15 is 0 Å². The Labute approximate surface area is 104 Å². The number of aryl methyl sites for hydroxylation is 2. The van der Waals surface area contributed by atoms with Gasteiger partial charge in [-0.05, 0) is 13.8 Å². The van der Waals surface area contributed by atoms with Crippen molar-refractivity contribution in [1.82, 2.24) is 19.1 Å². The summed E-state index contributed by atoms with van der Waals surface area (Å²) < 4.78 is 38.2. The first-order valence-corrected chi connectivity index (χ1v) is 6.91. The predicted molar refractivity (Wildman–Crippen MR) is 64.2 cm³/mol. The second-order valence-electron chi connectivity index (χ2n) is 3.99. The SMILES string of the molecule is Cc1cn2cc(C)nc2c(CNS(=O)(=O)CF)n1. The molecule has 0 radical (unpaired) electrons. The summed E-state index contributed by atoms with van der Waals surface area (Å²) in [5, 5.41) is 0. The van der Waals surface area contributed by atoms with Crippen LogP contribution in [0.3, 0.4) is 0 Å². The molecule has 0 bridgehead atoms. The predicted octanol–water partition coefficient (Wildman–Crippen LogP) is 0.693. The average molecular weight is 272 g/mol. The van der Waals surface area contributed by atoms with Crippen molar-refractivity contribution in [3.8, 4) is 0 Å². The minimum Gasteiger partial charge on any atom is -0.303 e. The van der Waals surface area contributed by atoms with Crippen LogP contribution >= 0.6 is 0 Å². The summed E-state index contributed by atoms with van der Waals surface area (Å²) in [5.74, 6) is 0. The van der Waals surface area contributed by atoms with Crippen molar-refractivity contribution in [3.63, 3.8) is 0 Å². The highest BCUT2D eigenvalue weighted by atomic mass is 32.2. The number of hydrogen-bond acceptors (Lipinski definition) is 4. The molecular formula is C10H13FN4O2S. The van der Waals surface area contributed by atoms with Gasteiger partial charge in [0, 0.05) is 12.4 Å². The van der Waals surface area contributed by atoms with Gasteiger partial charge in [0.2, 0.25) is 16.0 Å². The standard InChI is InChI=1S/C10H13FN4O2S/c1-7-4-15-5-8(2)14-10(15)9(13-7)3-12-18(16,17)6-11/h4-5,12H,3,6H2,1-2H3. The van der Waals surface area contributed by atoms with Crippen LogP contribution < -0.4 is 4.72 Å². The fourth-order valence-electron chi connectivity index (χ4n) is 1.66. The van der Waals surface area contributed by atoms with Crippen molar-refractivity contribution in [1.29, 1.82) is 0 Å². The maximum absolute atomic E-state index is 12.2. The Morgan fingerprint density at radius 3 is 2.50 bits per heavy atom. The van der Waals surface area contributed by atoms with Gasteiger partial charge in [-0.1, -0.05) is 0 Å². The van der Waals surface area contributed by atoms with Gasteiger partial charge in [-0.15, -0.1) is 0 Å². The molecule has 0 aliphatic carbocycles. The van der Waals surface area contributed by atoms with Gasteiger partial charge < -0.3 is 4.40 Å². The Morgan fingerprint density at radius 2 is 1.89 bits per heavy atom. The lowest BCUT2D eigenvalue weighted by atomic mass is 10.4. The van der Waals surface area contributed by atoms with Crippen LogP contribution in [-0.4, -0.2) is 28.8 Å². The van der Waals surface area contributed by atoms with E-state index in [9.17, 15) is 12.8 Å². The van der Waals surface area contributed by atoms with Crippen LogP contribution in [0.1, 0.15) is 17.1 Å². The second-order valence-corrected chi connectivity index (χ2v) is 5.72. The Balaban J connectivity index is 2.38. The number of nitrogens with one attached hydrogen (secondary N) is 1. The summed E-state index contributed by atoms with van der Waals surface area (Å²) in [5.41, 5.74) is 2.58. The lowest BCUT2D eigenvalue weighted by molar-refractivity contribution is 0.523. The van der Waals surface area contributed by atoms with Crippen molar-refractivity contribution in [2.24, 2.45) is 0 Å². The van der Waals surface area contributed by atoms with Crippen LogP contribution in [0.15, 0.2) is 12.4 Å². The molecule has 0 saturated carbocycles. The third kappa shape index (κ3) is 2.65. The Morgan fingerprint density at radius 1 is 1.28 bits per heavy atom. The summed E-state index contributed by atoms with van der Waals surface area (Å²) >= 11 is 0. The van der Waals surface area contributed by atoms with Crippen LogP contribution in [-0.2, 0) is 16.6 Å². The molecule has 6 nitrogen and oxygen atoms in total. The smallest absolute Gasteiger partial charge is 0.241 e. The maximum atomic E-state index is 12.2. The number of aromatic nitrogens is 3. The zero-order chi connectivity index (χ0) is 13.3. The molecule has 18 heavy (non-hydrogen) atoms. The molecule has 0 amide bonds.